The summed E-state index contributed by atoms with van der Waals surface area (Å²) in [5.41, 5.74) is 7.00. The highest BCUT2D eigenvalue weighted by Crippen LogP contribution is 2.44. The SMILES string of the molecule is ClCc1c(-c2ccccc2)c(-c2ccccc2)c(CCl)c2ccccc12. The number of benzene rings is 4. The van der Waals surface area contributed by atoms with Gasteiger partial charge in [-0.05, 0) is 44.2 Å². The molecule has 0 aromatic heterocycles. The maximum Gasteiger partial charge on any atom is 0.0486 e. The third-order valence-corrected chi connectivity index (χ3v) is 5.36. The summed E-state index contributed by atoms with van der Waals surface area (Å²) >= 11 is 13.0. The number of rotatable bonds is 4. The zero-order valence-electron chi connectivity index (χ0n) is 14.3. The van der Waals surface area contributed by atoms with Gasteiger partial charge in [0.15, 0.2) is 0 Å². The van der Waals surface area contributed by atoms with Crippen LogP contribution >= 0.6 is 23.2 Å². The second-order valence-electron chi connectivity index (χ2n) is 6.25. The average molecular weight is 377 g/mol. The minimum absolute atomic E-state index is 0.452. The quantitative estimate of drug-likeness (QED) is 0.320. The molecule has 4 rings (SSSR count). The highest BCUT2D eigenvalue weighted by atomic mass is 35.5. The Balaban J connectivity index is 2.22. The van der Waals surface area contributed by atoms with Gasteiger partial charge in [0, 0.05) is 11.8 Å². The minimum Gasteiger partial charge on any atom is -0.122 e. The number of hydrogen-bond acceptors (Lipinski definition) is 0. The predicted octanol–water partition coefficient (Wildman–Crippen LogP) is 7.65. The maximum absolute atomic E-state index is 6.48. The minimum atomic E-state index is 0.452. The molecule has 0 aliphatic rings. The summed E-state index contributed by atoms with van der Waals surface area (Å²) in [5.74, 6) is 0.903. The molecular weight excluding hydrogens is 359 g/mol. The molecule has 0 amide bonds. The van der Waals surface area contributed by atoms with Crippen molar-refractivity contribution in [3.05, 3.63) is 96.1 Å². The molecule has 0 N–H and O–H groups in total. The third kappa shape index (κ3) is 2.90. The van der Waals surface area contributed by atoms with Gasteiger partial charge in [0.2, 0.25) is 0 Å². The topological polar surface area (TPSA) is 0 Å². The van der Waals surface area contributed by atoms with Crippen molar-refractivity contribution >= 4 is 34.0 Å². The van der Waals surface area contributed by atoms with Gasteiger partial charge in [0.1, 0.15) is 0 Å². The van der Waals surface area contributed by atoms with Gasteiger partial charge in [-0.3, -0.25) is 0 Å². The molecule has 0 nitrogen and oxygen atoms in total. The second kappa shape index (κ2) is 7.53. The van der Waals surface area contributed by atoms with E-state index in [-0.39, 0.29) is 0 Å². The van der Waals surface area contributed by atoms with Gasteiger partial charge >= 0.3 is 0 Å². The fourth-order valence-corrected chi connectivity index (χ4v) is 4.26. The van der Waals surface area contributed by atoms with Gasteiger partial charge in [-0.1, -0.05) is 84.9 Å². The lowest BCUT2D eigenvalue weighted by atomic mass is 9.84. The summed E-state index contributed by atoms with van der Waals surface area (Å²) in [6.07, 6.45) is 0. The zero-order chi connectivity index (χ0) is 17.9. The molecule has 128 valence electrons. The van der Waals surface area contributed by atoms with Gasteiger partial charge in [-0.15, -0.1) is 23.2 Å². The van der Waals surface area contributed by atoms with E-state index in [2.05, 4.69) is 72.8 Å². The van der Waals surface area contributed by atoms with E-state index in [1.807, 2.05) is 12.1 Å². The van der Waals surface area contributed by atoms with E-state index in [1.54, 1.807) is 0 Å². The second-order valence-corrected chi connectivity index (χ2v) is 6.79. The van der Waals surface area contributed by atoms with E-state index >= 15 is 0 Å². The summed E-state index contributed by atoms with van der Waals surface area (Å²) in [6, 6.07) is 29.3. The Hall–Kier alpha value is -2.28. The molecule has 0 spiro atoms. The van der Waals surface area contributed by atoms with Gasteiger partial charge in [-0.25, -0.2) is 0 Å². The highest BCUT2D eigenvalue weighted by molar-refractivity contribution is 6.21. The Bertz CT molecular complexity index is 952. The van der Waals surface area contributed by atoms with Gasteiger partial charge in [0.25, 0.3) is 0 Å². The molecule has 0 saturated carbocycles. The average Bonchev–Trinajstić information content (AvgIpc) is 2.73. The lowest BCUT2D eigenvalue weighted by Gasteiger charge is -2.21. The first-order chi connectivity index (χ1) is 12.8. The standard InChI is InChI=1S/C24H18Cl2/c25-15-21-19-13-7-8-14-20(19)22(16-26)24(18-11-5-2-6-12-18)23(21)17-9-3-1-4-10-17/h1-14H,15-16H2. The van der Waals surface area contributed by atoms with Crippen LogP contribution in [0.3, 0.4) is 0 Å². The van der Waals surface area contributed by atoms with Gasteiger partial charge in [-0.2, -0.15) is 0 Å². The molecule has 0 radical (unpaired) electrons. The molecule has 26 heavy (non-hydrogen) atoms. The van der Waals surface area contributed by atoms with Crippen LogP contribution in [0.25, 0.3) is 33.0 Å². The lowest BCUT2D eigenvalue weighted by Crippen LogP contribution is -1.99. The van der Waals surface area contributed by atoms with Crippen LogP contribution in [0.2, 0.25) is 0 Å². The summed E-state index contributed by atoms with van der Waals surface area (Å²) in [6.45, 7) is 0. The number of fused-ring (bicyclic) bond motifs is 1. The van der Waals surface area contributed by atoms with Crippen molar-refractivity contribution in [2.24, 2.45) is 0 Å². The van der Waals surface area contributed by atoms with Crippen molar-refractivity contribution in [1.29, 1.82) is 0 Å². The van der Waals surface area contributed by atoms with Crippen LogP contribution in [0.5, 0.6) is 0 Å². The van der Waals surface area contributed by atoms with E-state index < -0.39 is 0 Å². The van der Waals surface area contributed by atoms with Gasteiger partial charge < -0.3 is 0 Å². The Morgan fingerprint density at radius 2 is 0.808 bits per heavy atom. The van der Waals surface area contributed by atoms with Crippen LogP contribution in [0.1, 0.15) is 11.1 Å². The lowest BCUT2D eigenvalue weighted by molar-refractivity contribution is 1.38. The van der Waals surface area contributed by atoms with Crippen LogP contribution in [-0.4, -0.2) is 0 Å². The first-order valence-electron chi connectivity index (χ1n) is 8.64. The number of hydrogen-bond donors (Lipinski definition) is 0. The third-order valence-electron chi connectivity index (χ3n) is 4.82. The molecule has 4 aromatic carbocycles. The highest BCUT2D eigenvalue weighted by Gasteiger charge is 2.20. The predicted molar refractivity (Wildman–Crippen MR) is 114 cm³/mol. The molecule has 0 unspecified atom stereocenters. The first-order valence-corrected chi connectivity index (χ1v) is 9.71. The molecule has 0 heterocycles. The van der Waals surface area contributed by atoms with Crippen molar-refractivity contribution in [2.45, 2.75) is 11.8 Å². The first kappa shape index (κ1) is 17.1. The zero-order valence-corrected chi connectivity index (χ0v) is 15.8. The normalized spacial score (nSPS) is 11.0. The van der Waals surface area contributed by atoms with Crippen LogP contribution in [0.4, 0.5) is 0 Å². The summed E-state index contributed by atoms with van der Waals surface area (Å²) in [7, 11) is 0. The van der Waals surface area contributed by atoms with E-state index in [0.29, 0.717) is 11.8 Å². The van der Waals surface area contributed by atoms with Crippen molar-refractivity contribution in [3.8, 4) is 22.3 Å². The smallest absolute Gasteiger partial charge is 0.0486 e. The van der Waals surface area contributed by atoms with E-state index in [9.17, 15) is 0 Å². The monoisotopic (exact) mass is 376 g/mol. The fourth-order valence-electron chi connectivity index (χ4n) is 3.70. The molecule has 0 fully saturated rings. The maximum atomic E-state index is 6.48. The Kier molecular flexibility index (Phi) is 4.97. The van der Waals surface area contributed by atoms with Crippen LogP contribution in [0.15, 0.2) is 84.9 Å². The van der Waals surface area contributed by atoms with E-state index in [1.165, 1.54) is 33.0 Å². The molecule has 4 aromatic rings. The van der Waals surface area contributed by atoms with Crippen molar-refractivity contribution < 1.29 is 0 Å². The largest absolute Gasteiger partial charge is 0.122 e. The van der Waals surface area contributed by atoms with Crippen LogP contribution < -0.4 is 0 Å². The van der Waals surface area contributed by atoms with Crippen molar-refractivity contribution in [3.63, 3.8) is 0 Å². The molecule has 0 bridgehead atoms. The molecule has 0 aliphatic carbocycles. The number of alkyl halides is 2. The van der Waals surface area contributed by atoms with Crippen LogP contribution in [-0.2, 0) is 11.8 Å². The molecule has 0 aliphatic heterocycles. The fraction of sp³-hybridized carbons (Fsp3) is 0.0833. The van der Waals surface area contributed by atoms with Crippen molar-refractivity contribution in [2.75, 3.05) is 0 Å². The van der Waals surface area contributed by atoms with E-state index in [4.69, 9.17) is 23.2 Å². The summed E-state index contributed by atoms with van der Waals surface area (Å²) in [4.78, 5) is 0. The Labute approximate surface area is 164 Å². The summed E-state index contributed by atoms with van der Waals surface area (Å²) < 4.78 is 0. The Morgan fingerprint density at radius 3 is 1.15 bits per heavy atom. The summed E-state index contributed by atoms with van der Waals surface area (Å²) in [5, 5.41) is 2.35. The molecule has 0 saturated heterocycles. The van der Waals surface area contributed by atoms with Crippen molar-refractivity contribution in [1.82, 2.24) is 0 Å². The van der Waals surface area contributed by atoms with Crippen LogP contribution in [0, 0.1) is 0 Å². The molecule has 2 heteroatoms. The van der Waals surface area contributed by atoms with Gasteiger partial charge in [0.05, 0.1) is 0 Å². The van der Waals surface area contributed by atoms with E-state index in [0.717, 1.165) is 11.1 Å². The molecular formula is C24H18Cl2. The Morgan fingerprint density at radius 1 is 0.462 bits per heavy atom. The molecule has 0 atom stereocenters. The number of halogens is 2.